The summed E-state index contributed by atoms with van der Waals surface area (Å²) in [6.45, 7) is 4.11. The maximum atomic E-state index is 12.1. The van der Waals surface area contributed by atoms with E-state index in [2.05, 4.69) is 12.9 Å². The van der Waals surface area contributed by atoms with E-state index < -0.39 is 77.6 Å². The summed E-state index contributed by atoms with van der Waals surface area (Å²) in [6, 6.07) is 6.05. The van der Waals surface area contributed by atoms with Crippen molar-refractivity contribution in [2.24, 2.45) is 23.7 Å². The quantitative estimate of drug-likeness (QED) is 0.249. The first kappa shape index (κ1) is 39.5. The van der Waals surface area contributed by atoms with Gasteiger partial charge in [0.1, 0.15) is 0 Å². The molecule has 18 nitrogen and oxygen atoms in total. The predicted octanol–water partition coefficient (Wildman–Crippen LogP) is 0.692. The Balaban J connectivity index is 0.000000200. The van der Waals surface area contributed by atoms with Gasteiger partial charge in [0.2, 0.25) is 0 Å². The summed E-state index contributed by atoms with van der Waals surface area (Å²) in [5.74, 6) is -5.40. The largest absolute Gasteiger partial charge is 0.288 e. The molecule has 0 radical (unpaired) electrons. The van der Waals surface area contributed by atoms with Gasteiger partial charge in [0.25, 0.3) is 65.8 Å². The van der Waals surface area contributed by atoms with Crippen molar-refractivity contribution >= 4 is 65.8 Å². The van der Waals surface area contributed by atoms with Crippen LogP contribution in [0.4, 0.5) is 0 Å². The molecule has 270 valence electrons. The lowest BCUT2D eigenvalue weighted by Crippen LogP contribution is -2.35. The van der Waals surface area contributed by atoms with Gasteiger partial charge in [-0.1, -0.05) is 31.7 Å². The molecule has 2 bridgehead atoms. The Kier molecular flexibility index (Phi) is 12.0. The maximum Gasteiger partial charge on any atom is 0.288 e. The van der Waals surface area contributed by atoms with Crippen LogP contribution in [-0.4, -0.2) is 93.1 Å². The molecule has 0 spiro atoms. The molecule has 5 aliphatic rings. The molecule has 3 fully saturated rings. The number of carbonyl (C=O) groups is 6. The Labute approximate surface area is 283 Å². The van der Waals surface area contributed by atoms with Crippen LogP contribution < -0.4 is 0 Å². The van der Waals surface area contributed by atoms with Crippen molar-refractivity contribution in [1.82, 2.24) is 15.2 Å². The van der Waals surface area contributed by atoms with Crippen LogP contribution in [0.15, 0.2) is 36.4 Å². The third kappa shape index (κ3) is 8.29. The van der Waals surface area contributed by atoms with Crippen LogP contribution in [-0.2, 0) is 62.4 Å². The average molecular weight is 750 g/mol. The number of imide groups is 3. The molecule has 1 aromatic rings. The van der Waals surface area contributed by atoms with Crippen molar-refractivity contribution in [1.29, 1.82) is 0 Å². The highest BCUT2D eigenvalue weighted by Crippen LogP contribution is 2.52. The number of hydrogen-bond donors (Lipinski definition) is 0. The van der Waals surface area contributed by atoms with Gasteiger partial charge in [-0.05, 0) is 51.2 Å². The van der Waals surface area contributed by atoms with Crippen LogP contribution in [0.1, 0.15) is 68.2 Å². The summed E-state index contributed by atoms with van der Waals surface area (Å²) < 4.78 is 80.3. The fourth-order valence-corrected chi connectivity index (χ4v) is 6.77. The molecular formula is C28H35N3O15S3. The molecule has 0 aromatic heterocycles. The molecule has 2 saturated heterocycles. The van der Waals surface area contributed by atoms with Crippen molar-refractivity contribution in [2.75, 3.05) is 17.3 Å². The fraction of sp³-hybridized carbons (Fsp3) is 0.500. The normalized spacial score (nSPS) is 24.0. The molecule has 3 heterocycles. The van der Waals surface area contributed by atoms with E-state index in [-0.39, 0.29) is 65.6 Å². The highest BCUT2D eigenvalue weighted by Gasteiger charge is 2.60. The Morgan fingerprint density at radius 1 is 0.592 bits per heavy atom. The smallest absolute Gasteiger partial charge is 0.272 e. The molecular weight excluding hydrogens is 715 g/mol. The van der Waals surface area contributed by atoms with Crippen LogP contribution >= 0.6 is 0 Å². The Morgan fingerprint density at radius 2 is 0.939 bits per heavy atom. The Hall–Kier alpha value is -3.89. The number of carbonyl (C=O) groups excluding carboxylic acids is 6. The molecule has 2 aliphatic carbocycles. The van der Waals surface area contributed by atoms with Crippen molar-refractivity contribution in [2.45, 2.75) is 47.5 Å². The first-order valence-corrected chi connectivity index (χ1v) is 19.3. The fourth-order valence-electron chi connectivity index (χ4n) is 5.32. The van der Waals surface area contributed by atoms with E-state index in [1.807, 2.05) is 12.2 Å². The number of rotatable bonds is 9. The van der Waals surface area contributed by atoms with Gasteiger partial charge in [-0.15, -0.1) is 28.0 Å². The highest BCUT2D eigenvalue weighted by molar-refractivity contribution is 7.87. The number of hydroxylamine groups is 6. The standard InChI is InChI=1S/C11H13NO5S.C10H9NO5S.C6H9NO5S.CH4/c1-2-18(15,16)17-12-10(13)8-6-3-4-7(5-6)9(8)11(12)14;1-2-17(14,15)16-11-9(12)7-5-3-4-6-8(7)10(11)13;1-2-13(10,11)12-7-5(8)3-4-6(7)9;/h3-4,6-9H,2,5H2,1H3;3-6H,2H2,1H3;2-4H2,1H3;1H4. The average Bonchev–Trinajstić information content (AvgIpc) is 3.85. The van der Waals surface area contributed by atoms with Gasteiger partial charge in [-0.2, -0.15) is 25.3 Å². The number of allylic oxidation sites excluding steroid dienone is 2. The number of amides is 6. The van der Waals surface area contributed by atoms with Crippen molar-refractivity contribution < 1.29 is 66.9 Å². The van der Waals surface area contributed by atoms with E-state index in [4.69, 9.17) is 0 Å². The summed E-state index contributed by atoms with van der Waals surface area (Å²) in [7, 11) is -11.5. The van der Waals surface area contributed by atoms with Crippen molar-refractivity contribution in [3.05, 3.63) is 47.5 Å². The topological polar surface area (TPSA) is 242 Å². The van der Waals surface area contributed by atoms with Crippen LogP contribution in [0.3, 0.4) is 0 Å². The number of nitrogens with zero attached hydrogens (tertiary/aromatic N) is 3. The number of fused-ring (bicyclic) bond motifs is 6. The van der Waals surface area contributed by atoms with Gasteiger partial charge in [0.15, 0.2) is 0 Å². The number of hydrogen-bond acceptors (Lipinski definition) is 15. The van der Waals surface area contributed by atoms with Crippen LogP contribution in [0.25, 0.3) is 0 Å². The van der Waals surface area contributed by atoms with Gasteiger partial charge >= 0.3 is 0 Å². The van der Waals surface area contributed by atoms with Crippen molar-refractivity contribution in [3.63, 3.8) is 0 Å². The molecule has 6 rings (SSSR count). The second-order valence-corrected chi connectivity index (χ2v) is 16.3. The Morgan fingerprint density at radius 3 is 1.31 bits per heavy atom. The maximum absolute atomic E-state index is 12.1. The first-order chi connectivity index (χ1) is 22.4. The van der Waals surface area contributed by atoms with Gasteiger partial charge < -0.3 is 0 Å². The number of benzene rings is 1. The monoisotopic (exact) mass is 749 g/mol. The van der Waals surface area contributed by atoms with Crippen LogP contribution in [0.5, 0.6) is 0 Å². The van der Waals surface area contributed by atoms with E-state index in [0.717, 1.165) is 6.42 Å². The molecule has 49 heavy (non-hydrogen) atoms. The molecule has 4 unspecified atom stereocenters. The third-order valence-corrected chi connectivity index (χ3v) is 11.1. The minimum absolute atomic E-state index is 0. The summed E-state index contributed by atoms with van der Waals surface area (Å²) in [4.78, 5) is 69.3. The van der Waals surface area contributed by atoms with E-state index in [1.165, 1.54) is 32.9 Å². The molecule has 1 saturated carbocycles. The second-order valence-electron chi connectivity index (χ2n) is 10.8. The summed E-state index contributed by atoms with van der Waals surface area (Å²) in [5.41, 5.74) is 0.285. The molecule has 21 heteroatoms. The minimum atomic E-state index is -3.90. The minimum Gasteiger partial charge on any atom is -0.272 e. The zero-order valence-electron chi connectivity index (χ0n) is 25.7. The van der Waals surface area contributed by atoms with Gasteiger partial charge in [0, 0.05) is 12.8 Å². The molecule has 1 aromatic carbocycles. The lowest BCUT2D eigenvalue weighted by molar-refractivity contribution is -0.166. The van der Waals surface area contributed by atoms with E-state index in [9.17, 15) is 54.0 Å². The second kappa shape index (κ2) is 14.9. The molecule has 0 N–H and O–H groups in total. The lowest BCUT2D eigenvalue weighted by atomic mass is 9.85. The van der Waals surface area contributed by atoms with E-state index in [1.54, 1.807) is 12.1 Å². The summed E-state index contributed by atoms with van der Waals surface area (Å²) in [6.07, 6.45) is 4.71. The van der Waals surface area contributed by atoms with E-state index >= 15 is 0 Å². The van der Waals surface area contributed by atoms with E-state index in [0.29, 0.717) is 10.1 Å². The lowest BCUT2D eigenvalue weighted by Gasteiger charge is -2.15. The first-order valence-electron chi connectivity index (χ1n) is 14.5. The van der Waals surface area contributed by atoms with Crippen molar-refractivity contribution in [3.8, 4) is 0 Å². The van der Waals surface area contributed by atoms with Gasteiger partial charge in [-0.25, -0.2) is 0 Å². The highest BCUT2D eigenvalue weighted by atomic mass is 32.2. The third-order valence-electron chi connectivity index (χ3n) is 7.82. The molecule has 4 atom stereocenters. The van der Waals surface area contributed by atoms with Gasteiger partial charge in [0.05, 0.1) is 40.2 Å². The van der Waals surface area contributed by atoms with Crippen LogP contribution in [0, 0.1) is 23.7 Å². The molecule has 6 amide bonds. The molecule has 3 aliphatic heterocycles. The summed E-state index contributed by atoms with van der Waals surface area (Å²) >= 11 is 0. The van der Waals surface area contributed by atoms with Gasteiger partial charge in [-0.3, -0.25) is 28.8 Å². The SMILES string of the molecule is C.CCS(=O)(=O)ON1C(=O)C2C3C=CC(C3)C2C1=O.CCS(=O)(=O)ON1C(=O)CCC1=O.CCS(=O)(=O)ON1C(=O)c2ccccc2C1=O. The Bertz CT molecular complexity index is 1830. The predicted molar refractivity (Wildman–Crippen MR) is 166 cm³/mol. The zero-order chi connectivity index (χ0) is 35.8. The zero-order valence-corrected chi connectivity index (χ0v) is 28.2. The van der Waals surface area contributed by atoms with Crippen LogP contribution in [0.2, 0.25) is 0 Å². The summed E-state index contributed by atoms with van der Waals surface area (Å²) in [5, 5.41) is 1.06.